The Morgan fingerprint density at radius 2 is 0.552 bits per heavy atom. The van der Waals surface area contributed by atoms with Gasteiger partial charge in [-0.2, -0.15) is 0 Å². The Bertz CT molecular complexity index is 1170. The molecule has 0 aromatic rings. The van der Waals surface area contributed by atoms with Crippen molar-refractivity contribution in [3.05, 3.63) is 48.6 Å². The van der Waals surface area contributed by atoms with Crippen LogP contribution in [0.3, 0.4) is 0 Å². The van der Waals surface area contributed by atoms with E-state index in [1.54, 1.807) is 0 Å². The SMILES string of the molecule is CCCCC/C=C\C/C=C\C/C=C\C/C=C\CCCC(=O)OC[C@H](COC(=O)CCCCCCCCCCCCC)OC(=O)CCCCCCCCCCCCCCCCCCCCCCC. The van der Waals surface area contributed by atoms with E-state index in [2.05, 4.69) is 69.4 Å². The van der Waals surface area contributed by atoms with Gasteiger partial charge in [-0.05, 0) is 57.8 Å². The van der Waals surface area contributed by atoms with E-state index in [0.717, 1.165) is 64.2 Å². The predicted octanol–water partition coefficient (Wildman–Crippen LogP) is 19.4. The third kappa shape index (κ3) is 54.2. The fourth-order valence-corrected chi connectivity index (χ4v) is 8.44. The van der Waals surface area contributed by atoms with Crippen molar-refractivity contribution in [2.75, 3.05) is 13.2 Å². The van der Waals surface area contributed by atoms with Crippen molar-refractivity contribution in [2.45, 2.75) is 309 Å². The first-order valence-electron chi connectivity index (χ1n) is 29.1. The Hall–Kier alpha value is -2.63. The summed E-state index contributed by atoms with van der Waals surface area (Å²) in [5.74, 6) is -0.930. The second-order valence-corrected chi connectivity index (χ2v) is 19.6. The van der Waals surface area contributed by atoms with Gasteiger partial charge >= 0.3 is 17.9 Å². The number of carbonyl (C=O) groups excluding carboxylic acids is 3. The van der Waals surface area contributed by atoms with Gasteiger partial charge in [0.15, 0.2) is 6.10 Å². The summed E-state index contributed by atoms with van der Waals surface area (Å²) in [4.78, 5) is 38.1. The molecule has 0 radical (unpaired) electrons. The summed E-state index contributed by atoms with van der Waals surface area (Å²) in [6, 6.07) is 0. The second-order valence-electron chi connectivity index (χ2n) is 19.6. The molecule has 0 amide bonds. The van der Waals surface area contributed by atoms with Crippen LogP contribution in [0.25, 0.3) is 0 Å². The Morgan fingerprint density at radius 1 is 0.299 bits per heavy atom. The van der Waals surface area contributed by atoms with E-state index in [1.807, 2.05) is 0 Å². The monoisotopic (exact) mass is 939 g/mol. The van der Waals surface area contributed by atoms with Crippen LogP contribution >= 0.6 is 0 Å². The molecule has 0 N–H and O–H groups in total. The number of allylic oxidation sites excluding steroid dienone is 8. The summed E-state index contributed by atoms with van der Waals surface area (Å²) in [7, 11) is 0. The van der Waals surface area contributed by atoms with Crippen LogP contribution in [0, 0.1) is 0 Å². The maximum atomic E-state index is 12.9. The van der Waals surface area contributed by atoms with E-state index in [0.29, 0.717) is 19.3 Å². The Morgan fingerprint density at radius 3 is 0.896 bits per heavy atom. The zero-order valence-electron chi connectivity index (χ0n) is 44.7. The lowest BCUT2D eigenvalue weighted by atomic mass is 10.0. The van der Waals surface area contributed by atoms with Crippen molar-refractivity contribution >= 4 is 17.9 Å². The third-order valence-electron chi connectivity index (χ3n) is 12.8. The van der Waals surface area contributed by atoms with Crippen LogP contribution in [0.1, 0.15) is 303 Å². The van der Waals surface area contributed by atoms with Gasteiger partial charge in [0.25, 0.3) is 0 Å². The number of rotatable bonds is 53. The minimum atomic E-state index is -0.791. The van der Waals surface area contributed by atoms with Crippen LogP contribution < -0.4 is 0 Å². The highest BCUT2D eigenvalue weighted by Crippen LogP contribution is 2.17. The number of esters is 3. The topological polar surface area (TPSA) is 78.9 Å². The third-order valence-corrected chi connectivity index (χ3v) is 12.8. The number of hydrogen-bond acceptors (Lipinski definition) is 6. The van der Waals surface area contributed by atoms with Gasteiger partial charge in [-0.1, -0.05) is 275 Å². The predicted molar refractivity (Wildman–Crippen MR) is 289 cm³/mol. The van der Waals surface area contributed by atoms with Gasteiger partial charge in [0.1, 0.15) is 13.2 Å². The van der Waals surface area contributed by atoms with Gasteiger partial charge in [0.05, 0.1) is 0 Å². The van der Waals surface area contributed by atoms with Crippen molar-refractivity contribution in [3.63, 3.8) is 0 Å². The first kappa shape index (κ1) is 64.4. The molecule has 0 aliphatic heterocycles. The van der Waals surface area contributed by atoms with Gasteiger partial charge in [0, 0.05) is 19.3 Å². The standard InChI is InChI=1S/C61H110O6/c1-4-7-10-13-16-19-22-24-26-28-29-30-31-33-35-37-40-43-46-49-52-55-61(64)67-58(56-65-59(62)53-50-47-44-41-38-21-18-15-12-9-6-3)57-66-60(63)54-51-48-45-42-39-36-34-32-27-25-23-20-17-14-11-8-5-2/h17,20,25,27,34,36,42,45,58H,4-16,18-19,21-24,26,28-33,35,37-41,43-44,46-57H2,1-3H3/b20-17-,27-25-,36-34-,45-42-/t58-/m0/s1. The van der Waals surface area contributed by atoms with E-state index in [4.69, 9.17) is 14.2 Å². The van der Waals surface area contributed by atoms with E-state index in [1.165, 1.54) is 193 Å². The maximum absolute atomic E-state index is 12.9. The molecule has 6 heteroatoms. The zero-order chi connectivity index (χ0) is 48.6. The van der Waals surface area contributed by atoms with Crippen LogP contribution in [-0.2, 0) is 28.6 Å². The zero-order valence-corrected chi connectivity index (χ0v) is 44.7. The van der Waals surface area contributed by atoms with Crippen molar-refractivity contribution < 1.29 is 28.6 Å². The first-order chi connectivity index (χ1) is 33.0. The molecule has 0 aromatic heterocycles. The molecule has 0 heterocycles. The molecule has 0 unspecified atom stereocenters. The van der Waals surface area contributed by atoms with Crippen molar-refractivity contribution in [1.82, 2.24) is 0 Å². The fourth-order valence-electron chi connectivity index (χ4n) is 8.44. The molecule has 390 valence electrons. The van der Waals surface area contributed by atoms with E-state index in [9.17, 15) is 14.4 Å². The van der Waals surface area contributed by atoms with Gasteiger partial charge < -0.3 is 14.2 Å². The lowest BCUT2D eigenvalue weighted by Crippen LogP contribution is -2.30. The minimum Gasteiger partial charge on any atom is -0.462 e. The highest BCUT2D eigenvalue weighted by molar-refractivity contribution is 5.71. The molecule has 0 rings (SSSR count). The minimum absolute atomic E-state index is 0.0859. The molecule has 0 aliphatic carbocycles. The normalized spacial score (nSPS) is 12.3. The Labute approximate surface area is 416 Å². The lowest BCUT2D eigenvalue weighted by Gasteiger charge is -2.18. The highest BCUT2D eigenvalue weighted by atomic mass is 16.6. The molecule has 0 aliphatic rings. The average molecular weight is 940 g/mol. The van der Waals surface area contributed by atoms with E-state index < -0.39 is 6.10 Å². The van der Waals surface area contributed by atoms with Crippen LogP contribution in [0.2, 0.25) is 0 Å². The fraction of sp³-hybridized carbons (Fsp3) is 0.820. The Balaban J connectivity index is 4.35. The molecular weight excluding hydrogens is 829 g/mol. The smallest absolute Gasteiger partial charge is 0.306 e. The molecular formula is C61H110O6. The van der Waals surface area contributed by atoms with E-state index >= 15 is 0 Å². The highest BCUT2D eigenvalue weighted by Gasteiger charge is 2.19. The summed E-state index contributed by atoms with van der Waals surface area (Å²) in [6.07, 6.45) is 68.3. The van der Waals surface area contributed by atoms with Crippen LogP contribution in [0.4, 0.5) is 0 Å². The molecule has 0 aromatic carbocycles. The van der Waals surface area contributed by atoms with Crippen molar-refractivity contribution in [3.8, 4) is 0 Å². The van der Waals surface area contributed by atoms with Crippen LogP contribution in [0.15, 0.2) is 48.6 Å². The van der Waals surface area contributed by atoms with E-state index in [-0.39, 0.29) is 37.5 Å². The molecule has 0 saturated heterocycles. The molecule has 0 fully saturated rings. The van der Waals surface area contributed by atoms with Crippen molar-refractivity contribution in [2.24, 2.45) is 0 Å². The van der Waals surface area contributed by atoms with Gasteiger partial charge in [-0.25, -0.2) is 0 Å². The molecule has 6 nitrogen and oxygen atoms in total. The molecule has 0 bridgehead atoms. The van der Waals surface area contributed by atoms with Gasteiger partial charge in [0.2, 0.25) is 0 Å². The second kappa shape index (κ2) is 56.0. The number of carbonyl (C=O) groups is 3. The first-order valence-corrected chi connectivity index (χ1v) is 29.1. The number of hydrogen-bond donors (Lipinski definition) is 0. The summed E-state index contributed by atoms with van der Waals surface area (Å²) in [5.41, 5.74) is 0. The van der Waals surface area contributed by atoms with Gasteiger partial charge in [-0.3, -0.25) is 14.4 Å². The summed E-state index contributed by atoms with van der Waals surface area (Å²) >= 11 is 0. The van der Waals surface area contributed by atoms with Crippen LogP contribution in [-0.4, -0.2) is 37.2 Å². The average Bonchev–Trinajstić information content (AvgIpc) is 3.33. The molecule has 67 heavy (non-hydrogen) atoms. The largest absolute Gasteiger partial charge is 0.462 e. The number of ether oxygens (including phenoxy) is 3. The molecule has 0 saturated carbocycles. The maximum Gasteiger partial charge on any atom is 0.306 e. The molecule has 0 spiro atoms. The summed E-state index contributed by atoms with van der Waals surface area (Å²) < 4.78 is 16.8. The van der Waals surface area contributed by atoms with Crippen molar-refractivity contribution in [1.29, 1.82) is 0 Å². The quantitative estimate of drug-likeness (QED) is 0.0262. The lowest BCUT2D eigenvalue weighted by molar-refractivity contribution is -0.167. The number of unbranched alkanes of at least 4 members (excludes halogenated alkanes) is 34. The molecule has 1 atom stereocenters. The Kier molecular flexibility index (Phi) is 53.8. The van der Waals surface area contributed by atoms with Gasteiger partial charge in [-0.15, -0.1) is 0 Å². The van der Waals surface area contributed by atoms with Crippen LogP contribution in [0.5, 0.6) is 0 Å². The summed E-state index contributed by atoms with van der Waals surface area (Å²) in [6.45, 7) is 6.60. The summed E-state index contributed by atoms with van der Waals surface area (Å²) in [5, 5.41) is 0.